The predicted molar refractivity (Wildman–Crippen MR) is 114 cm³/mol. The van der Waals surface area contributed by atoms with Crippen molar-refractivity contribution >= 4 is 17.8 Å². The minimum Gasteiger partial charge on any atom is -0.464 e. The Labute approximate surface area is 177 Å². The fourth-order valence-corrected chi connectivity index (χ4v) is 2.66. The summed E-state index contributed by atoms with van der Waals surface area (Å²) in [7, 11) is 0. The van der Waals surface area contributed by atoms with E-state index >= 15 is 0 Å². The monoisotopic (exact) mass is 411 g/mol. The number of alkyl carbamates (subject to hydrolysis) is 1. The number of aryl methyl sites for hydroxylation is 1. The summed E-state index contributed by atoms with van der Waals surface area (Å²) in [4.78, 5) is 37.1. The highest BCUT2D eigenvalue weighted by atomic mass is 16.6. The van der Waals surface area contributed by atoms with Gasteiger partial charge in [0.2, 0.25) is 0 Å². The molecule has 6 nitrogen and oxygen atoms in total. The lowest BCUT2D eigenvalue weighted by Gasteiger charge is -2.18. The standard InChI is InChI=1S/C24H29NO5/c1-17(2)15-29-23(27)21(13-14-22(26)20-11-9-18(3)10-12-20)25-24(28)30-16-19-7-5-4-6-8-19/h4-12,17,21H,13-16H2,1-3H3,(H,25,28). The molecule has 0 aliphatic carbocycles. The van der Waals surface area contributed by atoms with Crippen LogP contribution in [0.1, 0.15) is 48.2 Å². The van der Waals surface area contributed by atoms with Crippen LogP contribution in [-0.2, 0) is 20.9 Å². The number of carbonyl (C=O) groups excluding carboxylic acids is 3. The normalized spacial score (nSPS) is 11.6. The lowest BCUT2D eigenvalue weighted by Crippen LogP contribution is -2.42. The second-order valence-corrected chi connectivity index (χ2v) is 7.61. The lowest BCUT2D eigenvalue weighted by molar-refractivity contribution is -0.147. The Morgan fingerprint density at radius 3 is 2.23 bits per heavy atom. The van der Waals surface area contributed by atoms with Crippen LogP contribution in [-0.4, -0.2) is 30.5 Å². The number of ether oxygens (including phenoxy) is 2. The minimum absolute atomic E-state index is 0.0860. The molecule has 1 N–H and O–H groups in total. The smallest absolute Gasteiger partial charge is 0.408 e. The third-order valence-corrected chi connectivity index (χ3v) is 4.38. The molecule has 0 aliphatic rings. The van der Waals surface area contributed by atoms with Crippen molar-refractivity contribution in [3.05, 3.63) is 71.3 Å². The van der Waals surface area contributed by atoms with Crippen LogP contribution in [0.5, 0.6) is 0 Å². The van der Waals surface area contributed by atoms with Crippen molar-refractivity contribution < 1.29 is 23.9 Å². The summed E-state index contributed by atoms with van der Waals surface area (Å²) in [5, 5.41) is 2.54. The molecule has 1 unspecified atom stereocenters. The highest BCUT2D eigenvalue weighted by molar-refractivity contribution is 5.96. The number of hydrogen-bond donors (Lipinski definition) is 1. The molecule has 1 atom stereocenters. The van der Waals surface area contributed by atoms with Crippen molar-refractivity contribution in [2.45, 2.75) is 46.3 Å². The van der Waals surface area contributed by atoms with Gasteiger partial charge in [-0.2, -0.15) is 0 Å². The molecule has 2 aromatic rings. The zero-order valence-corrected chi connectivity index (χ0v) is 17.7. The van der Waals surface area contributed by atoms with Crippen LogP contribution in [0.15, 0.2) is 54.6 Å². The van der Waals surface area contributed by atoms with Crippen molar-refractivity contribution in [1.29, 1.82) is 0 Å². The number of nitrogens with one attached hydrogen (secondary N) is 1. The second-order valence-electron chi connectivity index (χ2n) is 7.61. The van der Waals surface area contributed by atoms with Crippen molar-refractivity contribution in [2.24, 2.45) is 5.92 Å². The molecule has 30 heavy (non-hydrogen) atoms. The van der Waals surface area contributed by atoms with Crippen LogP contribution in [0, 0.1) is 12.8 Å². The van der Waals surface area contributed by atoms with Crippen molar-refractivity contribution in [1.82, 2.24) is 5.32 Å². The Balaban J connectivity index is 1.94. The largest absolute Gasteiger partial charge is 0.464 e. The fraction of sp³-hybridized carbons (Fsp3) is 0.375. The molecule has 2 rings (SSSR count). The summed E-state index contributed by atoms with van der Waals surface area (Å²) in [6.07, 6.45) is -0.499. The van der Waals surface area contributed by atoms with Crippen LogP contribution in [0.2, 0.25) is 0 Å². The molecular weight excluding hydrogens is 382 g/mol. The molecule has 0 heterocycles. The van der Waals surface area contributed by atoms with E-state index in [1.165, 1.54) is 0 Å². The maximum Gasteiger partial charge on any atom is 0.408 e. The van der Waals surface area contributed by atoms with E-state index in [0.29, 0.717) is 5.56 Å². The number of Topliss-reactive ketones (excluding diaryl/α,β-unsaturated/α-hetero) is 1. The molecule has 0 aliphatic heterocycles. The Morgan fingerprint density at radius 1 is 0.933 bits per heavy atom. The topological polar surface area (TPSA) is 81.7 Å². The summed E-state index contributed by atoms with van der Waals surface area (Å²) < 4.78 is 10.5. The summed E-state index contributed by atoms with van der Waals surface area (Å²) in [5.41, 5.74) is 2.47. The average molecular weight is 411 g/mol. The first-order chi connectivity index (χ1) is 14.3. The van der Waals surface area contributed by atoms with Crippen LogP contribution in [0.25, 0.3) is 0 Å². The minimum atomic E-state index is -0.957. The van der Waals surface area contributed by atoms with Gasteiger partial charge in [0.1, 0.15) is 12.6 Å². The third kappa shape index (κ3) is 8.07. The van der Waals surface area contributed by atoms with Crippen LogP contribution < -0.4 is 5.32 Å². The van der Waals surface area contributed by atoms with Crippen molar-refractivity contribution in [3.63, 3.8) is 0 Å². The van der Waals surface area contributed by atoms with Gasteiger partial charge in [-0.3, -0.25) is 4.79 Å². The van der Waals surface area contributed by atoms with Gasteiger partial charge < -0.3 is 14.8 Å². The zero-order valence-electron chi connectivity index (χ0n) is 17.7. The van der Waals surface area contributed by atoms with Gasteiger partial charge >= 0.3 is 12.1 Å². The average Bonchev–Trinajstić information content (AvgIpc) is 2.74. The van der Waals surface area contributed by atoms with Crippen LogP contribution >= 0.6 is 0 Å². The number of hydrogen-bond acceptors (Lipinski definition) is 5. The maximum atomic E-state index is 12.4. The van der Waals surface area contributed by atoms with E-state index in [2.05, 4.69) is 5.32 Å². The van der Waals surface area contributed by atoms with E-state index in [-0.39, 0.29) is 37.8 Å². The molecule has 0 bridgehead atoms. The number of ketones is 1. The maximum absolute atomic E-state index is 12.4. The number of carbonyl (C=O) groups is 3. The van der Waals surface area contributed by atoms with Gasteiger partial charge in [0, 0.05) is 12.0 Å². The van der Waals surface area contributed by atoms with E-state index in [0.717, 1.165) is 11.1 Å². The van der Waals surface area contributed by atoms with Gasteiger partial charge in [-0.05, 0) is 24.8 Å². The van der Waals surface area contributed by atoms with E-state index in [4.69, 9.17) is 9.47 Å². The molecular formula is C24H29NO5. The molecule has 160 valence electrons. The third-order valence-electron chi connectivity index (χ3n) is 4.38. The molecule has 6 heteroatoms. The first kappa shape index (κ1) is 23.1. The summed E-state index contributed by atoms with van der Waals surface area (Å²) in [6, 6.07) is 15.5. The van der Waals surface area contributed by atoms with Gasteiger partial charge in [-0.1, -0.05) is 74.0 Å². The molecule has 0 saturated heterocycles. The second kappa shape index (κ2) is 11.8. The lowest BCUT2D eigenvalue weighted by atomic mass is 10.0. The summed E-state index contributed by atoms with van der Waals surface area (Å²) >= 11 is 0. The van der Waals surface area contributed by atoms with Gasteiger partial charge in [-0.25, -0.2) is 9.59 Å². The van der Waals surface area contributed by atoms with E-state index in [1.54, 1.807) is 12.1 Å². The van der Waals surface area contributed by atoms with Gasteiger partial charge in [0.25, 0.3) is 0 Å². The Bertz CT molecular complexity index is 830. The van der Waals surface area contributed by atoms with E-state index < -0.39 is 18.1 Å². The molecule has 2 aromatic carbocycles. The van der Waals surface area contributed by atoms with Crippen molar-refractivity contribution in [3.8, 4) is 0 Å². The summed E-state index contributed by atoms with van der Waals surface area (Å²) in [6.45, 7) is 6.11. The molecule has 0 spiro atoms. The Kier molecular flexibility index (Phi) is 9.06. The van der Waals surface area contributed by atoms with E-state index in [9.17, 15) is 14.4 Å². The van der Waals surface area contributed by atoms with Crippen LogP contribution in [0.3, 0.4) is 0 Å². The van der Waals surface area contributed by atoms with Gasteiger partial charge in [-0.15, -0.1) is 0 Å². The molecule has 0 aromatic heterocycles. The number of benzene rings is 2. The SMILES string of the molecule is Cc1ccc(C(=O)CCC(NC(=O)OCc2ccccc2)C(=O)OCC(C)C)cc1. The Hall–Kier alpha value is -3.15. The zero-order chi connectivity index (χ0) is 21.9. The molecule has 0 fully saturated rings. The highest BCUT2D eigenvalue weighted by Crippen LogP contribution is 2.11. The van der Waals surface area contributed by atoms with Gasteiger partial charge in [0.15, 0.2) is 5.78 Å². The molecule has 0 saturated carbocycles. The first-order valence-corrected chi connectivity index (χ1v) is 10.1. The number of esters is 1. The quantitative estimate of drug-likeness (QED) is 0.461. The van der Waals surface area contributed by atoms with E-state index in [1.807, 2.05) is 63.2 Å². The van der Waals surface area contributed by atoms with Crippen LogP contribution in [0.4, 0.5) is 4.79 Å². The van der Waals surface area contributed by atoms with Crippen molar-refractivity contribution in [2.75, 3.05) is 6.61 Å². The highest BCUT2D eigenvalue weighted by Gasteiger charge is 2.24. The molecule has 0 radical (unpaired) electrons. The first-order valence-electron chi connectivity index (χ1n) is 10.1. The predicted octanol–water partition coefficient (Wildman–Crippen LogP) is 4.45. The number of rotatable bonds is 10. The number of amides is 1. The Morgan fingerprint density at radius 2 is 1.60 bits per heavy atom. The summed E-state index contributed by atoms with van der Waals surface area (Å²) in [5.74, 6) is -0.512. The fourth-order valence-electron chi connectivity index (χ4n) is 2.66. The molecule has 1 amide bonds. The van der Waals surface area contributed by atoms with Gasteiger partial charge in [0.05, 0.1) is 6.61 Å².